The minimum atomic E-state index is -0.138. The lowest BCUT2D eigenvalue weighted by atomic mass is 9.89. The van der Waals surface area contributed by atoms with Crippen LogP contribution in [0.25, 0.3) is 0 Å². The summed E-state index contributed by atoms with van der Waals surface area (Å²) in [5, 5.41) is 8.22. The van der Waals surface area contributed by atoms with Crippen molar-refractivity contribution in [1.82, 2.24) is 16.0 Å². The van der Waals surface area contributed by atoms with Crippen LogP contribution in [0.3, 0.4) is 0 Å². The largest absolute Gasteiger partial charge is 0.355 e. The molecule has 98 valence electrons. The summed E-state index contributed by atoms with van der Waals surface area (Å²) in [6, 6.07) is -0.138. The molecule has 0 atom stereocenters. The third-order valence-electron chi connectivity index (χ3n) is 3.06. The number of hydrogen-bond acceptors (Lipinski definition) is 2. The van der Waals surface area contributed by atoms with Gasteiger partial charge in [0.15, 0.2) is 0 Å². The number of urea groups is 1. The van der Waals surface area contributed by atoms with E-state index in [1.807, 2.05) is 0 Å². The summed E-state index contributed by atoms with van der Waals surface area (Å²) >= 11 is 0. The highest BCUT2D eigenvalue weighted by atomic mass is 16.2. The summed E-state index contributed by atoms with van der Waals surface area (Å²) in [5.41, 5.74) is 0. The zero-order valence-corrected chi connectivity index (χ0v) is 10.6. The molecule has 3 N–H and O–H groups in total. The van der Waals surface area contributed by atoms with Crippen LogP contribution in [0.5, 0.6) is 0 Å². The number of hydrogen-bond donors (Lipinski definition) is 3. The monoisotopic (exact) mass is 241 g/mol. The quantitative estimate of drug-likeness (QED) is 0.628. The normalized spacial score (nSPS) is 16.3. The summed E-state index contributed by atoms with van der Waals surface area (Å²) in [4.78, 5) is 22.0. The second kappa shape index (κ2) is 7.92. The van der Waals surface area contributed by atoms with E-state index in [0.717, 1.165) is 6.54 Å². The summed E-state index contributed by atoms with van der Waals surface area (Å²) in [5.74, 6) is 0.569. The van der Waals surface area contributed by atoms with Gasteiger partial charge in [0.2, 0.25) is 5.91 Å². The Morgan fingerprint density at radius 3 is 2.29 bits per heavy atom. The fourth-order valence-electron chi connectivity index (χ4n) is 2.11. The first kappa shape index (κ1) is 13.8. The van der Waals surface area contributed by atoms with Crippen molar-refractivity contribution < 1.29 is 9.59 Å². The van der Waals surface area contributed by atoms with Crippen molar-refractivity contribution in [3.05, 3.63) is 0 Å². The molecule has 3 amide bonds. The summed E-state index contributed by atoms with van der Waals surface area (Å²) in [7, 11) is 0. The molecule has 1 aliphatic carbocycles. The van der Waals surface area contributed by atoms with E-state index in [-0.39, 0.29) is 11.9 Å². The number of amides is 3. The zero-order chi connectivity index (χ0) is 12.5. The fraction of sp³-hybridized carbons (Fsp3) is 0.833. The number of carbonyl (C=O) groups is 2. The summed E-state index contributed by atoms with van der Waals surface area (Å²) in [6.45, 7) is 3.18. The molecule has 1 rings (SSSR count). The van der Waals surface area contributed by atoms with Gasteiger partial charge in [-0.3, -0.25) is 4.79 Å². The molecule has 5 heteroatoms. The van der Waals surface area contributed by atoms with Crippen LogP contribution in [0.2, 0.25) is 0 Å². The average molecular weight is 241 g/mol. The van der Waals surface area contributed by atoms with Gasteiger partial charge in [-0.2, -0.15) is 0 Å². The van der Waals surface area contributed by atoms with Crippen LogP contribution < -0.4 is 16.0 Å². The maximum absolute atomic E-state index is 11.4. The molecule has 0 aromatic carbocycles. The minimum absolute atomic E-state index is 0.0746. The highest BCUT2D eigenvalue weighted by molar-refractivity contribution is 5.74. The Kier molecular flexibility index (Phi) is 6.43. The third kappa shape index (κ3) is 6.81. The Bertz CT molecular complexity index is 250. The van der Waals surface area contributed by atoms with E-state index in [4.69, 9.17) is 0 Å². The van der Waals surface area contributed by atoms with Crippen molar-refractivity contribution in [2.24, 2.45) is 5.92 Å². The second-order valence-corrected chi connectivity index (χ2v) is 4.62. The molecule has 0 aromatic rings. The van der Waals surface area contributed by atoms with Crippen LogP contribution in [0, 0.1) is 5.92 Å². The lowest BCUT2D eigenvalue weighted by Crippen LogP contribution is -2.41. The van der Waals surface area contributed by atoms with Crippen LogP contribution in [0.4, 0.5) is 4.79 Å². The maximum atomic E-state index is 11.4. The van der Waals surface area contributed by atoms with Crippen LogP contribution in [-0.2, 0) is 4.79 Å². The number of carbonyl (C=O) groups excluding carboxylic acids is 2. The van der Waals surface area contributed by atoms with Crippen LogP contribution in [-0.4, -0.2) is 31.6 Å². The van der Waals surface area contributed by atoms with E-state index < -0.39 is 0 Å². The molecule has 1 saturated carbocycles. The lowest BCUT2D eigenvalue weighted by Gasteiger charge is -2.21. The Hall–Kier alpha value is -1.26. The van der Waals surface area contributed by atoms with E-state index in [1.165, 1.54) is 39.0 Å². The standard InChI is InChI=1S/C12H23N3O2/c1-10(16)13-7-8-14-12(17)15-9-11-5-3-2-4-6-11/h11H,2-9H2,1H3,(H,13,16)(H2,14,15,17). The van der Waals surface area contributed by atoms with Gasteiger partial charge in [0.05, 0.1) is 0 Å². The van der Waals surface area contributed by atoms with Crippen molar-refractivity contribution >= 4 is 11.9 Å². The van der Waals surface area contributed by atoms with E-state index in [9.17, 15) is 9.59 Å². The molecule has 17 heavy (non-hydrogen) atoms. The predicted molar refractivity (Wildman–Crippen MR) is 66.7 cm³/mol. The second-order valence-electron chi connectivity index (χ2n) is 4.62. The Morgan fingerprint density at radius 1 is 1.00 bits per heavy atom. The van der Waals surface area contributed by atoms with Gasteiger partial charge in [-0.15, -0.1) is 0 Å². The zero-order valence-electron chi connectivity index (χ0n) is 10.6. The van der Waals surface area contributed by atoms with Gasteiger partial charge in [0.25, 0.3) is 0 Å². The van der Waals surface area contributed by atoms with Gasteiger partial charge >= 0.3 is 6.03 Å². The molecular formula is C12H23N3O2. The molecule has 0 bridgehead atoms. The molecule has 0 spiro atoms. The number of rotatable bonds is 5. The van der Waals surface area contributed by atoms with Gasteiger partial charge in [-0.1, -0.05) is 19.3 Å². The SMILES string of the molecule is CC(=O)NCCNC(=O)NCC1CCCCC1. The van der Waals surface area contributed by atoms with Crippen LogP contribution in [0.15, 0.2) is 0 Å². The smallest absolute Gasteiger partial charge is 0.314 e. The van der Waals surface area contributed by atoms with Gasteiger partial charge in [-0.25, -0.2) is 4.79 Å². The highest BCUT2D eigenvalue weighted by Gasteiger charge is 2.13. The molecule has 0 aliphatic heterocycles. The molecule has 1 fully saturated rings. The predicted octanol–water partition coefficient (Wildman–Crippen LogP) is 1.00. The first-order valence-electron chi connectivity index (χ1n) is 6.44. The van der Waals surface area contributed by atoms with E-state index in [0.29, 0.717) is 19.0 Å². The molecule has 5 nitrogen and oxygen atoms in total. The molecule has 0 heterocycles. The Morgan fingerprint density at radius 2 is 1.65 bits per heavy atom. The average Bonchev–Trinajstić information content (AvgIpc) is 2.33. The van der Waals surface area contributed by atoms with E-state index in [1.54, 1.807) is 0 Å². The molecule has 1 aliphatic rings. The fourth-order valence-corrected chi connectivity index (χ4v) is 2.11. The van der Waals surface area contributed by atoms with E-state index in [2.05, 4.69) is 16.0 Å². The molecular weight excluding hydrogens is 218 g/mol. The van der Waals surface area contributed by atoms with Crippen molar-refractivity contribution in [1.29, 1.82) is 0 Å². The van der Waals surface area contributed by atoms with Crippen molar-refractivity contribution in [2.75, 3.05) is 19.6 Å². The molecule has 0 aromatic heterocycles. The van der Waals surface area contributed by atoms with Gasteiger partial charge in [0.1, 0.15) is 0 Å². The Balaban J connectivity index is 1.98. The first-order valence-corrected chi connectivity index (χ1v) is 6.44. The van der Waals surface area contributed by atoms with Gasteiger partial charge < -0.3 is 16.0 Å². The molecule has 0 saturated heterocycles. The Labute approximate surface area is 103 Å². The molecule has 0 radical (unpaired) electrons. The summed E-state index contributed by atoms with van der Waals surface area (Å²) in [6.07, 6.45) is 6.37. The van der Waals surface area contributed by atoms with Crippen molar-refractivity contribution in [3.63, 3.8) is 0 Å². The van der Waals surface area contributed by atoms with Crippen molar-refractivity contribution in [3.8, 4) is 0 Å². The molecule has 0 unspecified atom stereocenters. The van der Waals surface area contributed by atoms with Crippen LogP contribution >= 0.6 is 0 Å². The first-order chi connectivity index (χ1) is 8.18. The minimum Gasteiger partial charge on any atom is -0.355 e. The highest BCUT2D eigenvalue weighted by Crippen LogP contribution is 2.22. The lowest BCUT2D eigenvalue weighted by molar-refractivity contribution is -0.118. The van der Waals surface area contributed by atoms with Gasteiger partial charge in [-0.05, 0) is 18.8 Å². The van der Waals surface area contributed by atoms with Gasteiger partial charge in [0, 0.05) is 26.6 Å². The topological polar surface area (TPSA) is 70.2 Å². The van der Waals surface area contributed by atoms with E-state index >= 15 is 0 Å². The summed E-state index contributed by atoms with van der Waals surface area (Å²) < 4.78 is 0. The number of nitrogens with one attached hydrogen (secondary N) is 3. The van der Waals surface area contributed by atoms with Crippen LogP contribution in [0.1, 0.15) is 39.0 Å². The van der Waals surface area contributed by atoms with Crippen molar-refractivity contribution in [2.45, 2.75) is 39.0 Å². The maximum Gasteiger partial charge on any atom is 0.314 e. The third-order valence-corrected chi connectivity index (χ3v) is 3.06.